The topological polar surface area (TPSA) is 82.2 Å². The number of aryl methyl sites for hydroxylation is 4. The molecule has 0 spiro atoms. The molecule has 2 aromatic heterocycles. The Morgan fingerprint density at radius 3 is 1.00 bits per heavy atom. The molecule has 0 unspecified atom stereocenters. The zero-order valence-corrected chi connectivity index (χ0v) is 18.7. The predicted octanol–water partition coefficient (Wildman–Crippen LogP) is 4.11. The van der Waals surface area contributed by atoms with Gasteiger partial charge in [0.05, 0.1) is 0 Å². The molecule has 0 aliphatic heterocycles. The first-order chi connectivity index (χ1) is 11.4. The van der Waals surface area contributed by atoms with E-state index in [-0.39, 0.29) is 21.7 Å². The van der Waals surface area contributed by atoms with Crippen molar-refractivity contribution >= 4 is 0 Å². The van der Waals surface area contributed by atoms with E-state index >= 15 is 0 Å². The van der Waals surface area contributed by atoms with Crippen LogP contribution < -0.4 is 10.2 Å². The molecule has 2 aromatic rings. The standard InChI is InChI=1S/2C5H7N2.2C4H10N.Ti/c2*1-4-3-5(2)7-6-4;2*1-3-5-4-2;/h2*3H,1-2H3;2*3-4H2,1-2H3;/q4*-1;+4. The molecular formula is C18H34N6Ti. The normalized spacial score (nSPS) is 8.64. The summed E-state index contributed by atoms with van der Waals surface area (Å²) in [4.78, 5) is 0. The summed E-state index contributed by atoms with van der Waals surface area (Å²) in [6, 6.07) is 3.89. The molecule has 0 saturated heterocycles. The molecule has 25 heavy (non-hydrogen) atoms. The van der Waals surface area contributed by atoms with Crippen molar-refractivity contribution in [3.63, 3.8) is 0 Å². The van der Waals surface area contributed by atoms with Gasteiger partial charge in [-0.3, -0.25) is 0 Å². The molecular weight excluding hydrogens is 348 g/mol. The SMILES string of the molecule is CC[N-]CC.CC[N-]CC.Cc1cc(C)[n-]n1.Cc1cc(C)[n-]n1.[Ti+4]. The van der Waals surface area contributed by atoms with Crippen LogP contribution in [0.3, 0.4) is 0 Å². The van der Waals surface area contributed by atoms with E-state index in [9.17, 15) is 0 Å². The van der Waals surface area contributed by atoms with Crippen LogP contribution in [0.4, 0.5) is 0 Å². The van der Waals surface area contributed by atoms with Gasteiger partial charge in [-0.05, 0) is 13.8 Å². The second-order valence-electron chi connectivity index (χ2n) is 4.97. The Hall–Kier alpha value is -0.946. The van der Waals surface area contributed by atoms with E-state index in [0.29, 0.717) is 0 Å². The summed E-state index contributed by atoms with van der Waals surface area (Å²) in [7, 11) is 0. The van der Waals surface area contributed by atoms with Crippen LogP contribution in [0, 0.1) is 27.7 Å². The Balaban J connectivity index is -0.000000259. The largest absolute Gasteiger partial charge is 4.00 e. The quantitative estimate of drug-likeness (QED) is 0.745. The van der Waals surface area contributed by atoms with Crippen molar-refractivity contribution in [3.8, 4) is 0 Å². The first-order valence-corrected chi connectivity index (χ1v) is 8.54. The van der Waals surface area contributed by atoms with Gasteiger partial charge in [-0.15, -0.1) is 11.4 Å². The average Bonchev–Trinajstić information content (AvgIpc) is 3.10. The van der Waals surface area contributed by atoms with Gasteiger partial charge < -0.3 is 31.0 Å². The molecule has 2 heterocycles. The second kappa shape index (κ2) is 21.1. The Labute approximate surface area is 169 Å². The van der Waals surface area contributed by atoms with E-state index < -0.39 is 0 Å². The van der Waals surface area contributed by atoms with Gasteiger partial charge in [-0.1, -0.05) is 53.7 Å². The fourth-order valence-electron chi connectivity index (χ4n) is 1.48. The van der Waals surface area contributed by atoms with Crippen molar-refractivity contribution < 1.29 is 21.7 Å². The summed E-state index contributed by atoms with van der Waals surface area (Å²) in [6.07, 6.45) is 0. The maximum Gasteiger partial charge on any atom is 4.00 e. The molecule has 7 heteroatoms. The zero-order valence-electron chi connectivity index (χ0n) is 17.2. The van der Waals surface area contributed by atoms with E-state index in [1.165, 1.54) is 0 Å². The number of nitrogens with zero attached hydrogens (tertiary/aromatic N) is 6. The Morgan fingerprint density at radius 1 is 0.680 bits per heavy atom. The molecule has 0 saturated carbocycles. The van der Waals surface area contributed by atoms with E-state index in [2.05, 4.69) is 31.0 Å². The van der Waals surface area contributed by atoms with Crippen LogP contribution in [-0.4, -0.2) is 36.4 Å². The van der Waals surface area contributed by atoms with Gasteiger partial charge >= 0.3 is 21.7 Å². The average molecular weight is 382 g/mol. The Bertz CT molecular complexity index is 400. The maximum atomic E-state index is 3.97. The molecule has 0 aromatic carbocycles. The van der Waals surface area contributed by atoms with Gasteiger partial charge in [0.25, 0.3) is 0 Å². The fraction of sp³-hybridized carbons (Fsp3) is 0.667. The van der Waals surface area contributed by atoms with Gasteiger partial charge in [0, 0.05) is 11.4 Å². The van der Waals surface area contributed by atoms with Crippen molar-refractivity contribution in [2.75, 3.05) is 26.2 Å². The third-order valence-corrected chi connectivity index (χ3v) is 2.46. The van der Waals surface area contributed by atoms with Crippen LogP contribution in [0.2, 0.25) is 0 Å². The van der Waals surface area contributed by atoms with Crippen molar-refractivity contribution in [3.05, 3.63) is 45.5 Å². The van der Waals surface area contributed by atoms with Crippen LogP contribution in [-0.2, 0) is 21.7 Å². The van der Waals surface area contributed by atoms with Crippen molar-refractivity contribution in [1.82, 2.24) is 20.4 Å². The molecule has 6 nitrogen and oxygen atoms in total. The molecule has 0 fully saturated rings. The van der Waals surface area contributed by atoms with Gasteiger partial charge in [0.1, 0.15) is 0 Å². The summed E-state index contributed by atoms with van der Waals surface area (Å²) in [5.74, 6) is 0. The van der Waals surface area contributed by atoms with Crippen LogP contribution in [0.15, 0.2) is 12.1 Å². The van der Waals surface area contributed by atoms with E-state index in [1.807, 2.05) is 67.5 Å². The minimum absolute atomic E-state index is 0. The predicted molar refractivity (Wildman–Crippen MR) is 103 cm³/mol. The number of aromatic nitrogens is 4. The summed E-state index contributed by atoms with van der Waals surface area (Å²) < 4.78 is 0. The number of hydrogen-bond acceptors (Lipinski definition) is 2. The number of hydrogen-bond donors (Lipinski definition) is 0. The molecule has 0 bridgehead atoms. The molecule has 0 N–H and O–H groups in total. The molecule has 0 aliphatic rings. The Kier molecular flexibility index (Phi) is 24.3. The smallest absolute Gasteiger partial charge is 0.663 e. The summed E-state index contributed by atoms with van der Waals surface area (Å²) in [5.41, 5.74) is 3.99. The van der Waals surface area contributed by atoms with Crippen LogP contribution >= 0.6 is 0 Å². The van der Waals surface area contributed by atoms with Crippen molar-refractivity contribution in [2.45, 2.75) is 55.4 Å². The first kappa shape index (κ1) is 28.8. The van der Waals surface area contributed by atoms with Gasteiger partial charge in [0.2, 0.25) is 0 Å². The van der Waals surface area contributed by atoms with E-state index in [4.69, 9.17) is 0 Å². The summed E-state index contributed by atoms with van der Waals surface area (Å²) >= 11 is 0. The van der Waals surface area contributed by atoms with Crippen molar-refractivity contribution in [2.24, 2.45) is 0 Å². The molecule has 140 valence electrons. The molecule has 0 atom stereocenters. The maximum absolute atomic E-state index is 3.97. The third kappa shape index (κ3) is 23.1. The zero-order chi connectivity index (χ0) is 18.8. The minimum Gasteiger partial charge on any atom is -0.663 e. The summed E-state index contributed by atoms with van der Waals surface area (Å²) in [5, 5.41) is 23.0. The molecule has 2 rings (SSSR count). The summed E-state index contributed by atoms with van der Waals surface area (Å²) in [6.45, 7) is 19.8. The minimum atomic E-state index is 0. The van der Waals surface area contributed by atoms with E-state index in [1.54, 1.807) is 0 Å². The second-order valence-corrected chi connectivity index (χ2v) is 4.97. The van der Waals surface area contributed by atoms with Crippen LogP contribution in [0.5, 0.6) is 0 Å². The van der Waals surface area contributed by atoms with Crippen molar-refractivity contribution in [1.29, 1.82) is 0 Å². The van der Waals surface area contributed by atoms with Gasteiger partial charge in [0.15, 0.2) is 0 Å². The molecule has 0 aliphatic carbocycles. The van der Waals surface area contributed by atoms with Gasteiger partial charge in [-0.25, -0.2) is 0 Å². The Morgan fingerprint density at radius 2 is 0.960 bits per heavy atom. The fourth-order valence-corrected chi connectivity index (χ4v) is 1.48. The third-order valence-electron chi connectivity index (χ3n) is 2.46. The monoisotopic (exact) mass is 382 g/mol. The molecule has 0 radical (unpaired) electrons. The van der Waals surface area contributed by atoms with Gasteiger partial charge in [-0.2, -0.15) is 26.2 Å². The molecule has 0 amide bonds. The van der Waals surface area contributed by atoms with Crippen LogP contribution in [0.25, 0.3) is 10.6 Å². The van der Waals surface area contributed by atoms with Crippen LogP contribution in [0.1, 0.15) is 50.5 Å². The van der Waals surface area contributed by atoms with E-state index in [0.717, 1.165) is 49.0 Å². The number of rotatable bonds is 4. The first-order valence-electron chi connectivity index (χ1n) is 8.54.